The molecule has 0 aromatic heterocycles. The third kappa shape index (κ3) is 6.29. The van der Waals surface area contributed by atoms with Crippen molar-refractivity contribution in [1.82, 2.24) is 5.32 Å². The van der Waals surface area contributed by atoms with E-state index in [-0.39, 0.29) is 18.0 Å². The third-order valence-electron chi connectivity index (χ3n) is 5.61. The second-order valence-electron chi connectivity index (χ2n) is 8.73. The van der Waals surface area contributed by atoms with Crippen LogP contribution in [0.15, 0.2) is 27.9 Å². The Morgan fingerprint density at radius 2 is 2.00 bits per heavy atom. The largest absolute Gasteiger partial charge is 0.327 e. The minimum atomic E-state index is -0.0977. The molecule has 0 amide bonds. The molecule has 0 bridgehead atoms. The number of nitroso groups, excluding NO2 is 1. The molecule has 1 aliphatic rings. The fourth-order valence-corrected chi connectivity index (χ4v) is 4.18. The van der Waals surface area contributed by atoms with Gasteiger partial charge in [0, 0.05) is 30.3 Å². The molecule has 1 aromatic carbocycles. The quantitative estimate of drug-likeness (QED) is 0.256. The Hall–Kier alpha value is -1.89. The summed E-state index contributed by atoms with van der Waals surface area (Å²) in [5, 5.41) is 9.00. The SMILES string of the molecule is CCN=C(N=O)C1=Cc2cc(C)cc(C)c2[NH2+]C1NCCC(N)C(C)CC(C)C. The highest BCUT2D eigenvalue weighted by Crippen LogP contribution is 2.26. The van der Waals surface area contributed by atoms with Crippen molar-refractivity contribution in [3.8, 4) is 0 Å². The van der Waals surface area contributed by atoms with Gasteiger partial charge in [-0.1, -0.05) is 26.8 Å². The van der Waals surface area contributed by atoms with Gasteiger partial charge in [-0.25, -0.2) is 0 Å². The molecule has 2 rings (SSSR count). The average molecular weight is 401 g/mol. The zero-order valence-electron chi connectivity index (χ0n) is 18.8. The molecular formula is C23H38N5O+. The number of hydrogen-bond acceptors (Lipinski definition) is 4. The zero-order valence-corrected chi connectivity index (χ0v) is 18.8. The molecule has 3 atom stereocenters. The lowest BCUT2D eigenvalue weighted by Gasteiger charge is -2.27. The van der Waals surface area contributed by atoms with E-state index in [1.807, 2.05) is 6.92 Å². The van der Waals surface area contributed by atoms with Crippen molar-refractivity contribution in [2.45, 2.75) is 66.6 Å². The van der Waals surface area contributed by atoms with Gasteiger partial charge in [0.2, 0.25) is 5.84 Å². The molecule has 6 nitrogen and oxygen atoms in total. The summed E-state index contributed by atoms with van der Waals surface area (Å²) in [6, 6.07) is 4.49. The predicted octanol–water partition coefficient (Wildman–Crippen LogP) is 3.40. The van der Waals surface area contributed by atoms with Gasteiger partial charge >= 0.3 is 0 Å². The summed E-state index contributed by atoms with van der Waals surface area (Å²) in [4.78, 5) is 15.8. The standard InChI is InChI=1S/C23H37N5O/c1-7-25-23(28-29)19-13-18-12-15(4)11-17(6)21(18)27-22(19)26-9-8-20(24)16(5)10-14(2)3/h11-14,16,20,22,26-27H,7-10,24H2,1-6H3/p+1. The van der Waals surface area contributed by atoms with Gasteiger partial charge in [0.15, 0.2) is 6.17 Å². The van der Waals surface area contributed by atoms with Gasteiger partial charge in [-0.3, -0.25) is 15.6 Å². The zero-order chi connectivity index (χ0) is 21.6. The fraction of sp³-hybridized carbons (Fsp3) is 0.609. The number of amidine groups is 1. The highest BCUT2D eigenvalue weighted by Gasteiger charge is 2.30. The Morgan fingerprint density at radius 3 is 2.62 bits per heavy atom. The number of hydrogen-bond donors (Lipinski definition) is 3. The summed E-state index contributed by atoms with van der Waals surface area (Å²) in [6.07, 6.45) is 3.99. The van der Waals surface area contributed by atoms with Crippen molar-refractivity contribution in [3.05, 3.63) is 39.3 Å². The Bertz CT molecular complexity index is 769. The van der Waals surface area contributed by atoms with Crippen LogP contribution in [0.5, 0.6) is 0 Å². The molecule has 0 aliphatic carbocycles. The molecular weight excluding hydrogens is 362 g/mol. The second-order valence-corrected chi connectivity index (χ2v) is 8.73. The predicted molar refractivity (Wildman–Crippen MR) is 122 cm³/mol. The van der Waals surface area contributed by atoms with Crippen molar-refractivity contribution >= 4 is 17.6 Å². The number of nitrogens with two attached hydrogens (primary N) is 2. The van der Waals surface area contributed by atoms with Crippen molar-refractivity contribution in [3.63, 3.8) is 0 Å². The number of rotatable bonds is 9. The summed E-state index contributed by atoms with van der Waals surface area (Å²) in [5.74, 6) is 1.42. The summed E-state index contributed by atoms with van der Waals surface area (Å²) in [5.41, 5.74) is 12.0. The first-order valence-electron chi connectivity index (χ1n) is 10.8. The molecule has 1 aliphatic heterocycles. The summed E-state index contributed by atoms with van der Waals surface area (Å²) in [6.45, 7) is 14.1. The number of benzene rings is 1. The lowest BCUT2D eigenvalue weighted by molar-refractivity contribution is -0.608. The maximum absolute atomic E-state index is 11.5. The van der Waals surface area contributed by atoms with E-state index in [9.17, 15) is 4.91 Å². The molecule has 5 N–H and O–H groups in total. The Labute approximate surface area is 175 Å². The topological polar surface area (TPSA) is 96.4 Å². The van der Waals surface area contributed by atoms with E-state index in [1.54, 1.807) is 0 Å². The van der Waals surface area contributed by atoms with E-state index < -0.39 is 0 Å². The van der Waals surface area contributed by atoms with Gasteiger partial charge < -0.3 is 5.73 Å². The van der Waals surface area contributed by atoms with E-state index in [1.165, 1.54) is 16.8 Å². The molecule has 6 heteroatoms. The van der Waals surface area contributed by atoms with Crippen LogP contribution < -0.4 is 16.4 Å². The lowest BCUT2D eigenvalue weighted by Crippen LogP contribution is -2.90. The van der Waals surface area contributed by atoms with Crippen LogP contribution in [-0.2, 0) is 0 Å². The van der Waals surface area contributed by atoms with Crippen LogP contribution in [0.2, 0.25) is 0 Å². The highest BCUT2D eigenvalue weighted by atomic mass is 16.3. The monoisotopic (exact) mass is 400 g/mol. The van der Waals surface area contributed by atoms with Crippen LogP contribution >= 0.6 is 0 Å². The molecule has 160 valence electrons. The lowest BCUT2D eigenvalue weighted by atomic mass is 9.91. The molecule has 29 heavy (non-hydrogen) atoms. The molecule has 0 fully saturated rings. The fourth-order valence-electron chi connectivity index (χ4n) is 4.18. The average Bonchev–Trinajstić information content (AvgIpc) is 2.65. The normalized spacial score (nSPS) is 19.0. The van der Waals surface area contributed by atoms with Gasteiger partial charge in [-0.05, 0) is 68.3 Å². The van der Waals surface area contributed by atoms with Crippen LogP contribution in [-0.4, -0.2) is 31.1 Å². The molecule has 0 spiro atoms. The van der Waals surface area contributed by atoms with Crippen LogP contribution in [0, 0.1) is 30.6 Å². The maximum Gasteiger partial charge on any atom is 0.202 e. The van der Waals surface area contributed by atoms with Crippen molar-refractivity contribution in [2.75, 3.05) is 13.1 Å². The van der Waals surface area contributed by atoms with E-state index in [2.05, 4.69) is 73.6 Å². The first-order chi connectivity index (χ1) is 13.8. The summed E-state index contributed by atoms with van der Waals surface area (Å²) < 4.78 is 0. The molecule has 1 aromatic rings. The third-order valence-corrected chi connectivity index (χ3v) is 5.61. The first kappa shape index (κ1) is 23.4. The Morgan fingerprint density at radius 1 is 1.28 bits per heavy atom. The van der Waals surface area contributed by atoms with Gasteiger partial charge in [0.1, 0.15) is 5.69 Å². The Kier molecular flexibility index (Phi) is 8.68. The number of quaternary nitrogens is 1. The van der Waals surface area contributed by atoms with Crippen LogP contribution in [0.4, 0.5) is 5.69 Å². The van der Waals surface area contributed by atoms with Crippen LogP contribution in [0.25, 0.3) is 6.08 Å². The summed E-state index contributed by atoms with van der Waals surface area (Å²) >= 11 is 0. The molecule has 1 heterocycles. The molecule has 0 radical (unpaired) electrons. The van der Waals surface area contributed by atoms with Crippen LogP contribution in [0.1, 0.15) is 57.2 Å². The molecule has 0 saturated carbocycles. The van der Waals surface area contributed by atoms with E-state index in [4.69, 9.17) is 5.73 Å². The minimum absolute atomic E-state index is 0.0977. The highest BCUT2D eigenvalue weighted by molar-refractivity contribution is 6.04. The van der Waals surface area contributed by atoms with Crippen LogP contribution in [0.3, 0.4) is 0 Å². The number of nitrogens with one attached hydrogen (secondary N) is 1. The minimum Gasteiger partial charge on any atom is -0.327 e. The Balaban J connectivity index is 2.19. The smallest absolute Gasteiger partial charge is 0.202 e. The van der Waals surface area contributed by atoms with E-state index >= 15 is 0 Å². The van der Waals surface area contributed by atoms with Crippen molar-refractivity contribution < 1.29 is 5.32 Å². The van der Waals surface area contributed by atoms with Gasteiger partial charge in [-0.2, -0.15) is 0 Å². The number of nitrogens with zero attached hydrogens (tertiary/aromatic N) is 2. The summed E-state index contributed by atoms with van der Waals surface area (Å²) in [7, 11) is 0. The van der Waals surface area contributed by atoms with Crippen molar-refractivity contribution in [1.29, 1.82) is 0 Å². The number of aliphatic imine (C=N–C) groups is 1. The first-order valence-corrected chi connectivity index (χ1v) is 10.8. The van der Waals surface area contributed by atoms with Gasteiger partial charge in [-0.15, -0.1) is 4.91 Å². The van der Waals surface area contributed by atoms with Gasteiger partial charge in [0.25, 0.3) is 0 Å². The van der Waals surface area contributed by atoms with E-state index in [0.29, 0.717) is 18.4 Å². The molecule has 3 unspecified atom stereocenters. The van der Waals surface area contributed by atoms with Crippen molar-refractivity contribution in [2.24, 2.45) is 27.7 Å². The second kappa shape index (κ2) is 10.8. The maximum atomic E-state index is 11.5. The number of aryl methyl sites for hydroxylation is 2. The van der Waals surface area contributed by atoms with Gasteiger partial charge in [0.05, 0.1) is 5.57 Å². The number of fused-ring (bicyclic) bond motifs is 1. The molecule has 0 saturated heterocycles. The van der Waals surface area contributed by atoms with E-state index in [0.717, 1.165) is 30.5 Å².